The number of benzene rings is 1. The maximum atomic E-state index is 8.73. The van der Waals surface area contributed by atoms with E-state index in [1.54, 1.807) is 12.1 Å². The molecular formula is C6H6MoO. The van der Waals surface area contributed by atoms with Gasteiger partial charge in [0.2, 0.25) is 0 Å². The maximum absolute atomic E-state index is 8.73. The van der Waals surface area contributed by atoms with Gasteiger partial charge in [-0.3, -0.25) is 0 Å². The monoisotopic (exact) mass is 193 g/mol. The van der Waals surface area contributed by atoms with Crippen LogP contribution in [-0.4, -0.2) is 5.11 Å². The van der Waals surface area contributed by atoms with E-state index in [0.29, 0.717) is 0 Å². The summed E-state index contributed by atoms with van der Waals surface area (Å²) >= 11 is 0. The third kappa shape index (κ3) is 2.13. The Kier molecular flexibility index (Phi) is 2.68. The molecule has 0 aliphatic heterocycles. The van der Waals surface area contributed by atoms with Gasteiger partial charge < -0.3 is 5.11 Å². The average molecular weight is 191 g/mol. The molecule has 42 valence electrons. The molecule has 1 N–H and O–H groups in total. The molecule has 0 spiro atoms. The Labute approximate surface area is 64.0 Å². The van der Waals surface area contributed by atoms with Crippen LogP contribution in [0.2, 0.25) is 0 Å². The van der Waals surface area contributed by atoms with Gasteiger partial charge in [-0.25, -0.2) is 0 Å². The summed E-state index contributed by atoms with van der Waals surface area (Å²) in [5.74, 6) is 0.0347. The molecule has 1 aromatic carbocycles. The summed E-state index contributed by atoms with van der Waals surface area (Å²) < 4.78 is 6.97. The fourth-order valence-corrected chi connectivity index (χ4v) is 0.384. The molecule has 0 unspecified atom stereocenters. The van der Waals surface area contributed by atoms with E-state index in [9.17, 15) is 0 Å². The quantitative estimate of drug-likeness (QED) is 0.614. The summed E-state index contributed by atoms with van der Waals surface area (Å²) in [5, 5.41) is 8.73. The number of hydrogen-bond donors (Lipinski definition) is 1. The maximum Gasteiger partial charge on any atom is 0.115 e. The van der Waals surface area contributed by atoms with Gasteiger partial charge in [-0.1, -0.05) is 18.2 Å². The van der Waals surface area contributed by atoms with Crippen molar-refractivity contribution in [3.63, 3.8) is 0 Å². The van der Waals surface area contributed by atoms with Gasteiger partial charge in [-0.2, -0.15) is 0 Å². The number of aromatic hydroxyl groups is 1. The van der Waals surface area contributed by atoms with Gasteiger partial charge in [0.25, 0.3) is 0 Å². The molecule has 0 aliphatic rings. The zero-order chi connectivity index (χ0) is 5.98. The van der Waals surface area contributed by atoms with Gasteiger partial charge in [0.05, 0.1) is 1.37 Å². The van der Waals surface area contributed by atoms with Gasteiger partial charge in [-0.15, -0.1) is 0 Å². The van der Waals surface area contributed by atoms with Crippen LogP contribution in [0.1, 0.15) is 1.37 Å². The predicted octanol–water partition coefficient (Wildman–Crippen LogP) is 1.39. The van der Waals surface area contributed by atoms with Crippen molar-refractivity contribution in [2.45, 2.75) is 0 Å². The minimum Gasteiger partial charge on any atom is -0.508 e. The summed E-state index contributed by atoms with van der Waals surface area (Å²) in [7, 11) is 0. The summed E-state index contributed by atoms with van der Waals surface area (Å²) in [6.45, 7) is 0. The third-order valence-corrected chi connectivity index (χ3v) is 0.693. The average Bonchev–Trinajstić information content (AvgIpc) is 1.77. The fourth-order valence-electron chi connectivity index (χ4n) is 0.384. The Hall–Kier alpha value is -0.292. The molecule has 1 rings (SSSR count). The van der Waals surface area contributed by atoms with E-state index < -0.39 is 0 Å². The Morgan fingerprint density at radius 3 is 2.50 bits per heavy atom. The number of rotatable bonds is 0. The standard InChI is InChI=1S/C6H6O.Mo/c7-6-4-2-1-3-5-6;/h1-5,7H;/i4D;. The second kappa shape index (κ2) is 3.68. The van der Waals surface area contributed by atoms with E-state index in [1.165, 1.54) is 12.1 Å². The molecule has 0 radical (unpaired) electrons. The first-order chi connectivity index (χ1) is 3.80. The molecular weight excluding hydrogens is 184 g/mol. The Morgan fingerprint density at radius 1 is 1.38 bits per heavy atom. The van der Waals surface area contributed by atoms with Gasteiger partial charge in [0.15, 0.2) is 0 Å². The molecule has 0 heterocycles. The second-order valence-corrected chi connectivity index (χ2v) is 1.25. The predicted molar refractivity (Wildman–Crippen MR) is 28.1 cm³/mol. The summed E-state index contributed by atoms with van der Waals surface area (Å²) in [4.78, 5) is 0. The summed E-state index contributed by atoms with van der Waals surface area (Å²) in [6, 6.07) is 6.60. The Balaban J connectivity index is 0.000000640. The molecule has 0 saturated carbocycles. The van der Waals surface area contributed by atoms with Crippen molar-refractivity contribution in [2.24, 2.45) is 0 Å². The minimum atomic E-state index is 0. The van der Waals surface area contributed by atoms with E-state index in [0.717, 1.165) is 0 Å². The number of phenols is 1. The molecule has 0 fully saturated rings. The van der Waals surface area contributed by atoms with E-state index in [4.69, 9.17) is 6.48 Å². The molecule has 0 bridgehead atoms. The first-order valence-corrected chi connectivity index (χ1v) is 2.05. The van der Waals surface area contributed by atoms with Crippen LogP contribution in [0.25, 0.3) is 0 Å². The SMILES string of the molecule is [2H]c1ccccc1O.[Mo]. The van der Waals surface area contributed by atoms with Crippen molar-refractivity contribution in [1.29, 1.82) is 0 Å². The summed E-state index contributed by atoms with van der Waals surface area (Å²) in [6.07, 6.45) is 0. The van der Waals surface area contributed by atoms with Crippen LogP contribution in [-0.2, 0) is 21.1 Å². The van der Waals surface area contributed by atoms with E-state index in [2.05, 4.69) is 0 Å². The minimum absolute atomic E-state index is 0. The zero-order valence-corrected chi connectivity index (χ0v) is 6.17. The molecule has 0 atom stereocenters. The topological polar surface area (TPSA) is 20.2 Å². The normalized spacial score (nSPS) is 9.25. The smallest absolute Gasteiger partial charge is 0.115 e. The van der Waals surface area contributed by atoms with Crippen molar-refractivity contribution < 1.29 is 27.5 Å². The molecule has 1 aromatic rings. The number of hydrogen-bond acceptors (Lipinski definition) is 1. The third-order valence-electron chi connectivity index (χ3n) is 0.693. The van der Waals surface area contributed by atoms with Gasteiger partial charge in [0, 0.05) is 21.1 Å². The largest absolute Gasteiger partial charge is 0.508 e. The van der Waals surface area contributed by atoms with Crippen molar-refractivity contribution in [1.82, 2.24) is 0 Å². The van der Waals surface area contributed by atoms with Gasteiger partial charge in [-0.05, 0) is 12.1 Å². The van der Waals surface area contributed by atoms with Crippen LogP contribution in [0.5, 0.6) is 5.75 Å². The van der Waals surface area contributed by atoms with Crippen molar-refractivity contribution in [3.05, 3.63) is 30.3 Å². The van der Waals surface area contributed by atoms with Crippen LogP contribution >= 0.6 is 0 Å². The van der Waals surface area contributed by atoms with E-state index >= 15 is 0 Å². The first kappa shape index (κ1) is 5.84. The molecule has 0 amide bonds. The van der Waals surface area contributed by atoms with Crippen molar-refractivity contribution in [3.8, 4) is 5.75 Å². The van der Waals surface area contributed by atoms with Crippen LogP contribution in [0.15, 0.2) is 30.3 Å². The second-order valence-electron chi connectivity index (χ2n) is 1.25. The van der Waals surface area contributed by atoms with Crippen molar-refractivity contribution in [2.75, 3.05) is 0 Å². The van der Waals surface area contributed by atoms with Crippen LogP contribution in [0, 0.1) is 0 Å². The first-order valence-electron chi connectivity index (χ1n) is 2.55. The Bertz CT molecular complexity index is 169. The van der Waals surface area contributed by atoms with Gasteiger partial charge >= 0.3 is 0 Å². The summed E-state index contributed by atoms with van der Waals surface area (Å²) in [5.41, 5.74) is 0. The van der Waals surface area contributed by atoms with Crippen LogP contribution in [0.4, 0.5) is 0 Å². The van der Waals surface area contributed by atoms with Crippen LogP contribution in [0.3, 0.4) is 0 Å². The molecule has 0 aromatic heterocycles. The van der Waals surface area contributed by atoms with Crippen LogP contribution < -0.4 is 0 Å². The number of para-hydroxylation sites is 1. The van der Waals surface area contributed by atoms with E-state index in [-0.39, 0.29) is 32.9 Å². The molecule has 8 heavy (non-hydrogen) atoms. The zero-order valence-electron chi connectivity index (χ0n) is 5.16. The molecule has 2 heteroatoms. The fraction of sp³-hybridized carbons (Fsp3) is 0. The van der Waals surface area contributed by atoms with Gasteiger partial charge in [0.1, 0.15) is 5.75 Å². The molecule has 0 aliphatic carbocycles. The van der Waals surface area contributed by atoms with E-state index in [1.807, 2.05) is 0 Å². The molecule has 0 saturated heterocycles. The number of phenolic OH excluding ortho intramolecular Hbond substituents is 1. The van der Waals surface area contributed by atoms with Crippen molar-refractivity contribution >= 4 is 0 Å². The Morgan fingerprint density at radius 2 is 2.12 bits per heavy atom. The molecule has 1 nitrogen and oxygen atoms in total.